The number of methoxy groups -OCH3 is 1. The third kappa shape index (κ3) is 13.6. The number of likely N-dealkylation sites (tertiary alicyclic amines) is 1. The lowest BCUT2D eigenvalue weighted by Gasteiger charge is -2.33. The zero-order chi connectivity index (χ0) is 19.2. The van der Waals surface area contributed by atoms with E-state index < -0.39 is 6.10 Å². The van der Waals surface area contributed by atoms with Gasteiger partial charge in [-0.15, -0.1) is 24.0 Å². The van der Waals surface area contributed by atoms with E-state index in [0.717, 1.165) is 58.0 Å². The number of nitrogens with one attached hydrogen (secondary N) is 2. The number of nitrogens with zero attached hydrogens (tertiary/aromatic N) is 2. The molecule has 1 heterocycles. The van der Waals surface area contributed by atoms with Crippen LogP contribution in [0.15, 0.2) is 4.99 Å². The van der Waals surface area contributed by atoms with Gasteiger partial charge in [-0.3, -0.25) is 4.99 Å². The summed E-state index contributed by atoms with van der Waals surface area (Å²) >= 11 is 0. The highest BCUT2D eigenvalue weighted by Gasteiger charge is 2.19. The van der Waals surface area contributed by atoms with Crippen LogP contribution in [0.25, 0.3) is 0 Å². The van der Waals surface area contributed by atoms with Gasteiger partial charge in [0, 0.05) is 52.5 Å². The minimum Gasteiger partial charge on any atom is -0.389 e. The van der Waals surface area contributed by atoms with Crippen molar-refractivity contribution in [2.45, 2.75) is 52.2 Å². The Morgan fingerprint density at radius 2 is 1.96 bits per heavy atom. The van der Waals surface area contributed by atoms with E-state index in [0.29, 0.717) is 31.7 Å². The van der Waals surface area contributed by atoms with Crippen LogP contribution in [0.1, 0.15) is 40.0 Å². The summed E-state index contributed by atoms with van der Waals surface area (Å²) in [6, 6.07) is 0.431. The molecule has 3 N–H and O–H groups in total. The average Bonchev–Trinajstić information content (AvgIpc) is 2.61. The predicted octanol–water partition coefficient (Wildman–Crippen LogP) is 1.69. The SMILES string of the molecule is CCNC(=NCC(O)COCC(C)C)NC1CCN(CCCOC)CC1.I. The molecule has 7 nitrogen and oxygen atoms in total. The van der Waals surface area contributed by atoms with Gasteiger partial charge in [0.25, 0.3) is 0 Å². The molecule has 0 aromatic carbocycles. The molecule has 1 aliphatic heterocycles. The van der Waals surface area contributed by atoms with Crippen LogP contribution in [0.3, 0.4) is 0 Å². The van der Waals surface area contributed by atoms with Gasteiger partial charge in [-0.1, -0.05) is 13.8 Å². The lowest BCUT2D eigenvalue weighted by atomic mass is 10.1. The fraction of sp³-hybridized carbons (Fsp3) is 0.947. The minimum absolute atomic E-state index is 0. The predicted molar refractivity (Wildman–Crippen MR) is 122 cm³/mol. The molecule has 0 aliphatic carbocycles. The summed E-state index contributed by atoms with van der Waals surface area (Å²) in [6.07, 6.45) is 2.75. The lowest BCUT2D eigenvalue weighted by Crippen LogP contribution is -2.49. The first-order valence-corrected chi connectivity index (χ1v) is 10.1. The molecule has 1 fully saturated rings. The average molecular weight is 500 g/mol. The summed E-state index contributed by atoms with van der Waals surface area (Å²) in [4.78, 5) is 7.02. The Bertz CT molecular complexity index is 378. The van der Waals surface area contributed by atoms with Crippen LogP contribution in [0.2, 0.25) is 0 Å². The number of halogens is 1. The number of ether oxygens (including phenoxy) is 2. The molecule has 1 unspecified atom stereocenters. The van der Waals surface area contributed by atoms with Gasteiger partial charge in [-0.25, -0.2) is 0 Å². The molecule has 1 atom stereocenters. The molecular weight excluding hydrogens is 459 g/mol. The maximum Gasteiger partial charge on any atom is 0.191 e. The Balaban J connectivity index is 0.00000676. The van der Waals surface area contributed by atoms with E-state index >= 15 is 0 Å². The van der Waals surface area contributed by atoms with E-state index in [4.69, 9.17) is 9.47 Å². The van der Waals surface area contributed by atoms with E-state index in [9.17, 15) is 5.11 Å². The zero-order valence-corrected chi connectivity index (χ0v) is 19.9. The molecule has 0 aromatic heterocycles. The van der Waals surface area contributed by atoms with Crippen LogP contribution >= 0.6 is 24.0 Å². The number of rotatable bonds is 12. The number of hydrogen-bond donors (Lipinski definition) is 3. The molecule has 0 bridgehead atoms. The van der Waals surface area contributed by atoms with Crippen molar-refractivity contribution in [2.24, 2.45) is 10.9 Å². The second-order valence-corrected chi connectivity index (χ2v) is 7.41. The molecule has 0 saturated carbocycles. The fourth-order valence-electron chi connectivity index (χ4n) is 2.94. The molecule has 1 aliphatic rings. The summed E-state index contributed by atoms with van der Waals surface area (Å²) in [7, 11) is 1.76. The van der Waals surface area contributed by atoms with Gasteiger partial charge in [0.15, 0.2) is 5.96 Å². The molecule has 1 saturated heterocycles. The van der Waals surface area contributed by atoms with Gasteiger partial charge in [-0.2, -0.15) is 0 Å². The Morgan fingerprint density at radius 1 is 1.26 bits per heavy atom. The summed E-state index contributed by atoms with van der Waals surface area (Å²) < 4.78 is 10.6. The molecule has 0 radical (unpaired) electrons. The third-order valence-corrected chi connectivity index (χ3v) is 4.32. The summed E-state index contributed by atoms with van der Waals surface area (Å²) in [5.41, 5.74) is 0. The van der Waals surface area contributed by atoms with Crippen LogP contribution in [-0.2, 0) is 9.47 Å². The summed E-state index contributed by atoms with van der Waals surface area (Å²) in [6.45, 7) is 12.6. The number of aliphatic imine (C=N–C) groups is 1. The first-order valence-electron chi connectivity index (χ1n) is 10.1. The van der Waals surface area contributed by atoms with Crippen molar-refractivity contribution >= 4 is 29.9 Å². The number of guanidine groups is 1. The van der Waals surface area contributed by atoms with Crippen LogP contribution in [0, 0.1) is 5.92 Å². The normalized spacial score (nSPS) is 17.6. The first kappa shape index (κ1) is 26.8. The van der Waals surface area contributed by atoms with E-state index in [1.807, 2.05) is 0 Å². The van der Waals surface area contributed by atoms with Crippen molar-refractivity contribution in [3.05, 3.63) is 0 Å². The number of piperidine rings is 1. The Morgan fingerprint density at radius 3 is 2.56 bits per heavy atom. The number of aliphatic hydroxyl groups is 1. The highest BCUT2D eigenvalue weighted by molar-refractivity contribution is 14.0. The largest absolute Gasteiger partial charge is 0.389 e. The van der Waals surface area contributed by atoms with E-state index in [-0.39, 0.29) is 24.0 Å². The topological polar surface area (TPSA) is 78.4 Å². The van der Waals surface area contributed by atoms with E-state index in [2.05, 4.69) is 41.3 Å². The van der Waals surface area contributed by atoms with Gasteiger partial charge in [0.05, 0.1) is 19.3 Å². The minimum atomic E-state index is -0.563. The van der Waals surface area contributed by atoms with Crippen LogP contribution < -0.4 is 10.6 Å². The molecule has 0 amide bonds. The van der Waals surface area contributed by atoms with Crippen molar-refractivity contribution in [2.75, 3.05) is 59.7 Å². The van der Waals surface area contributed by atoms with Crippen LogP contribution in [0.5, 0.6) is 0 Å². The number of aliphatic hydroxyl groups excluding tert-OH is 1. The van der Waals surface area contributed by atoms with Crippen molar-refractivity contribution in [1.82, 2.24) is 15.5 Å². The Hall–Kier alpha value is -0.160. The second kappa shape index (κ2) is 16.8. The molecule has 162 valence electrons. The third-order valence-electron chi connectivity index (χ3n) is 4.32. The zero-order valence-electron chi connectivity index (χ0n) is 17.6. The Labute approximate surface area is 182 Å². The standard InChI is InChI=1S/C19H40N4O3.HI/c1-5-20-19(21-13-18(24)15-26-14-16(2)3)22-17-7-10-23(11-8-17)9-6-12-25-4;/h16-18,24H,5-15H2,1-4H3,(H2,20,21,22);1H. The molecule has 27 heavy (non-hydrogen) atoms. The first-order chi connectivity index (χ1) is 12.5. The molecule has 0 spiro atoms. The van der Waals surface area contributed by atoms with E-state index in [1.165, 1.54) is 0 Å². The quantitative estimate of drug-likeness (QED) is 0.164. The van der Waals surface area contributed by atoms with Crippen molar-refractivity contribution in [1.29, 1.82) is 0 Å². The highest BCUT2D eigenvalue weighted by Crippen LogP contribution is 2.10. The fourth-order valence-corrected chi connectivity index (χ4v) is 2.94. The van der Waals surface area contributed by atoms with Gasteiger partial charge in [0.2, 0.25) is 0 Å². The summed E-state index contributed by atoms with van der Waals surface area (Å²) in [5.74, 6) is 1.26. The molecule has 8 heteroatoms. The maximum absolute atomic E-state index is 10.0. The van der Waals surface area contributed by atoms with Gasteiger partial charge in [0.1, 0.15) is 0 Å². The summed E-state index contributed by atoms with van der Waals surface area (Å²) in [5, 5.41) is 16.8. The van der Waals surface area contributed by atoms with Crippen LogP contribution in [-0.4, -0.2) is 87.8 Å². The van der Waals surface area contributed by atoms with Crippen molar-refractivity contribution in [3.8, 4) is 0 Å². The lowest BCUT2D eigenvalue weighted by molar-refractivity contribution is 0.0301. The van der Waals surface area contributed by atoms with Gasteiger partial charge < -0.3 is 30.1 Å². The maximum atomic E-state index is 10.0. The van der Waals surface area contributed by atoms with Crippen molar-refractivity contribution in [3.63, 3.8) is 0 Å². The monoisotopic (exact) mass is 500 g/mol. The van der Waals surface area contributed by atoms with Crippen LogP contribution in [0.4, 0.5) is 0 Å². The molecular formula is C19H41IN4O3. The smallest absolute Gasteiger partial charge is 0.191 e. The van der Waals surface area contributed by atoms with Crippen molar-refractivity contribution < 1.29 is 14.6 Å². The number of hydrogen-bond acceptors (Lipinski definition) is 5. The van der Waals surface area contributed by atoms with Gasteiger partial charge >= 0.3 is 0 Å². The second-order valence-electron chi connectivity index (χ2n) is 7.41. The molecule has 0 aromatic rings. The highest BCUT2D eigenvalue weighted by atomic mass is 127. The Kier molecular flexibility index (Phi) is 16.7. The van der Waals surface area contributed by atoms with E-state index in [1.54, 1.807) is 7.11 Å². The van der Waals surface area contributed by atoms with Gasteiger partial charge in [-0.05, 0) is 32.1 Å². The molecule has 1 rings (SSSR count).